The number of benzene rings is 2. The largest absolute Gasteiger partial charge is 0.497 e. The smallest absolute Gasteiger partial charge is 0.154 e. The van der Waals surface area contributed by atoms with Crippen molar-refractivity contribution in [1.29, 1.82) is 0 Å². The average Bonchev–Trinajstić information content (AvgIpc) is 2.42. The topological polar surface area (TPSA) is 44.5 Å². The first kappa shape index (κ1) is 14.7. The Morgan fingerprint density at radius 1 is 1.05 bits per heavy atom. The Balaban J connectivity index is 2.39. The van der Waals surface area contributed by atoms with Crippen LogP contribution in [0.4, 0.5) is 5.69 Å². The minimum atomic E-state index is 0.356. The Kier molecular flexibility index (Phi) is 4.55. The van der Waals surface area contributed by atoms with Crippen molar-refractivity contribution in [1.82, 2.24) is 0 Å². The predicted octanol–water partition coefficient (Wildman–Crippen LogP) is 4.96. The van der Waals surface area contributed by atoms with Crippen molar-refractivity contribution < 1.29 is 9.47 Å². The standard InChI is InChI=1S/C16H18BrNO2/c1-10(2)13-8-11(17)4-7-15(13)20-16-9-12(19-3)5-6-14(16)18/h4-10H,18H2,1-3H3. The van der Waals surface area contributed by atoms with Crippen LogP contribution >= 0.6 is 15.9 Å². The van der Waals surface area contributed by atoms with Crippen LogP contribution in [-0.4, -0.2) is 7.11 Å². The molecule has 2 N–H and O–H groups in total. The van der Waals surface area contributed by atoms with Crippen LogP contribution < -0.4 is 15.2 Å². The third-order valence-corrected chi connectivity index (χ3v) is 3.53. The molecule has 2 aromatic carbocycles. The van der Waals surface area contributed by atoms with Gasteiger partial charge in [-0.25, -0.2) is 0 Å². The van der Waals surface area contributed by atoms with Crippen LogP contribution in [0.2, 0.25) is 0 Å². The molecule has 2 aromatic rings. The summed E-state index contributed by atoms with van der Waals surface area (Å²) in [7, 11) is 1.62. The first-order valence-corrected chi connectivity index (χ1v) is 7.21. The molecule has 0 spiro atoms. The lowest BCUT2D eigenvalue weighted by Gasteiger charge is -2.16. The second kappa shape index (κ2) is 6.18. The second-order valence-corrected chi connectivity index (χ2v) is 5.76. The van der Waals surface area contributed by atoms with E-state index >= 15 is 0 Å². The number of nitrogens with two attached hydrogens (primary N) is 1. The van der Waals surface area contributed by atoms with Gasteiger partial charge in [0, 0.05) is 10.5 Å². The highest BCUT2D eigenvalue weighted by atomic mass is 79.9. The molecule has 0 bridgehead atoms. The molecule has 0 unspecified atom stereocenters. The van der Waals surface area contributed by atoms with Crippen molar-refractivity contribution in [2.75, 3.05) is 12.8 Å². The van der Waals surface area contributed by atoms with Gasteiger partial charge in [0.25, 0.3) is 0 Å². The molecule has 106 valence electrons. The summed E-state index contributed by atoms with van der Waals surface area (Å²) in [6.45, 7) is 4.26. The third-order valence-electron chi connectivity index (χ3n) is 3.03. The molecule has 0 aliphatic carbocycles. The van der Waals surface area contributed by atoms with E-state index in [0.717, 1.165) is 21.5 Å². The molecule has 0 saturated heterocycles. The molecular weight excluding hydrogens is 318 g/mol. The van der Waals surface area contributed by atoms with Gasteiger partial charge in [0.1, 0.15) is 11.5 Å². The Morgan fingerprint density at radius 3 is 2.45 bits per heavy atom. The van der Waals surface area contributed by atoms with Crippen molar-refractivity contribution in [3.8, 4) is 17.2 Å². The fraction of sp³-hybridized carbons (Fsp3) is 0.250. The molecule has 0 atom stereocenters. The highest BCUT2D eigenvalue weighted by Crippen LogP contribution is 2.36. The van der Waals surface area contributed by atoms with Gasteiger partial charge in [-0.3, -0.25) is 0 Å². The first-order chi connectivity index (χ1) is 9.51. The normalized spacial score (nSPS) is 10.7. The van der Waals surface area contributed by atoms with E-state index in [1.165, 1.54) is 0 Å². The zero-order valence-corrected chi connectivity index (χ0v) is 13.4. The maximum atomic E-state index is 5.97. The number of anilines is 1. The Hall–Kier alpha value is -1.68. The van der Waals surface area contributed by atoms with Gasteiger partial charge in [-0.1, -0.05) is 29.8 Å². The fourth-order valence-corrected chi connectivity index (χ4v) is 2.29. The minimum absolute atomic E-state index is 0.356. The fourth-order valence-electron chi connectivity index (χ4n) is 1.91. The van der Waals surface area contributed by atoms with E-state index < -0.39 is 0 Å². The van der Waals surface area contributed by atoms with Crippen LogP contribution in [0.25, 0.3) is 0 Å². The van der Waals surface area contributed by atoms with E-state index in [1.54, 1.807) is 19.2 Å². The summed E-state index contributed by atoms with van der Waals surface area (Å²) in [5.41, 5.74) is 7.67. The molecule has 3 nitrogen and oxygen atoms in total. The molecule has 0 heterocycles. The van der Waals surface area contributed by atoms with Crippen molar-refractivity contribution in [3.63, 3.8) is 0 Å². The third kappa shape index (κ3) is 3.25. The predicted molar refractivity (Wildman–Crippen MR) is 85.7 cm³/mol. The maximum Gasteiger partial charge on any atom is 0.154 e. The Labute approximate surface area is 127 Å². The van der Waals surface area contributed by atoms with Crippen molar-refractivity contribution in [2.45, 2.75) is 19.8 Å². The molecule has 4 heteroatoms. The minimum Gasteiger partial charge on any atom is -0.497 e. The van der Waals surface area contributed by atoms with E-state index in [0.29, 0.717) is 17.4 Å². The van der Waals surface area contributed by atoms with Gasteiger partial charge in [-0.2, -0.15) is 0 Å². The molecule has 2 rings (SSSR count). The number of nitrogen functional groups attached to an aromatic ring is 1. The lowest BCUT2D eigenvalue weighted by atomic mass is 10.0. The monoisotopic (exact) mass is 335 g/mol. The molecule has 0 aliphatic heterocycles. The first-order valence-electron chi connectivity index (χ1n) is 6.42. The van der Waals surface area contributed by atoms with E-state index in [9.17, 15) is 0 Å². The van der Waals surface area contributed by atoms with Gasteiger partial charge in [0.15, 0.2) is 5.75 Å². The van der Waals surface area contributed by atoms with Gasteiger partial charge in [-0.15, -0.1) is 0 Å². The summed E-state index contributed by atoms with van der Waals surface area (Å²) in [6.07, 6.45) is 0. The molecule has 0 aromatic heterocycles. The van der Waals surface area contributed by atoms with E-state index in [2.05, 4.69) is 35.8 Å². The average molecular weight is 336 g/mol. The SMILES string of the molecule is COc1ccc(N)c(Oc2ccc(Br)cc2C(C)C)c1. The van der Waals surface area contributed by atoms with Gasteiger partial charge >= 0.3 is 0 Å². The van der Waals surface area contributed by atoms with Crippen LogP contribution in [0.1, 0.15) is 25.3 Å². The molecule has 0 fully saturated rings. The summed E-state index contributed by atoms with van der Waals surface area (Å²) >= 11 is 3.49. The van der Waals surface area contributed by atoms with Crippen molar-refractivity contribution in [3.05, 3.63) is 46.4 Å². The van der Waals surface area contributed by atoms with Crippen LogP contribution in [0, 0.1) is 0 Å². The number of halogens is 1. The summed E-state index contributed by atoms with van der Waals surface area (Å²) in [5, 5.41) is 0. The molecule has 0 aliphatic rings. The Bertz CT molecular complexity index is 611. The zero-order valence-electron chi connectivity index (χ0n) is 11.8. The molecule has 20 heavy (non-hydrogen) atoms. The summed E-state index contributed by atoms with van der Waals surface area (Å²) < 4.78 is 12.2. The number of methoxy groups -OCH3 is 1. The number of hydrogen-bond acceptors (Lipinski definition) is 3. The zero-order chi connectivity index (χ0) is 14.7. The Morgan fingerprint density at radius 2 is 1.80 bits per heavy atom. The van der Waals surface area contributed by atoms with Gasteiger partial charge < -0.3 is 15.2 Å². The van der Waals surface area contributed by atoms with Gasteiger partial charge in [0.05, 0.1) is 12.8 Å². The molecule has 0 saturated carbocycles. The highest BCUT2D eigenvalue weighted by Gasteiger charge is 2.11. The molecule has 0 radical (unpaired) electrons. The van der Waals surface area contributed by atoms with Gasteiger partial charge in [0.2, 0.25) is 0 Å². The van der Waals surface area contributed by atoms with Crippen LogP contribution in [-0.2, 0) is 0 Å². The second-order valence-electron chi connectivity index (χ2n) is 4.84. The van der Waals surface area contributed by atoms with Crippen LogP contribution in [0.5, 0.6) is 17.2 Å². The summed E-state index contributed by atoms with van der Waals surface area (Å²) in [6, 6.07) is 11.4. The maximum absolute atomic E-state index is 5.97. The number of rotatable bonds is 4. The highest BCUT2D eigenvalue weighted by molar-refractivity contribution is 9.10. The van der Waals surface area contributed by atoms with Gasteiger partial charge in [-0.05, 0) is 41.8 Å². The lowest BCUT2D eigenvalue weighted by Crippen LogP contribution is -1.97. The summed E-state index contributed by atoms with van der Waals surface area (Å²) in [5.74, 6) is 2.49. The molecule has 0 amide bonds. The lowest BCUT2D eigenvalue weighted by molar-refractivity contribution is 0.409. The quantitative estimate of drug-likeness (QED) is 0.803. The van der Waals surface area contributed by atoms with E-state index in [-0.39, 0.29) is 0 Å². The van der Waals surface area contributed by atoms with Crippen molar-refractivity contribution in [2.24, 2.45) is 0 Å². The summed E-state index contributed by atoms with van der Waals surface area (Å²) in [4.78, 5) is 0. The number of ether oxygens (including phenoxy) is 2. The van der Waals surface area contributed by atoms with E-state index in [4.69, 9.17) is 15.2 Å². The van der Waals surface area contributed by atoms with E-state index in [1.807, 2.05) is 18.2 Å². The number of hydrogen-bond donors (Lipinski definition) is 1. The van der Waals surface area contributed by atoms with Crippen LogP contribution in [0.3, 0.4) is 0 Å². The molecular formula is C16H18BrNO2. The van der Waals surface area contributed by atoms with Crippen LogP contribution in [0.15, 0.2) is 40.9 Å². The van der Waals surface area contributed by atoms with Crippen molar-refractivity contribution >= 4 is 21.6 Å².